The highest BCUT2D eigenvalue weighted by Gasteiger charge is 2.32. The Morgan fingerprint density at radius 1 is 1.36 bits per heavy atom. The lowest BCUT2D eigenvalue weighted by atomic mass is 10.1. The number of carboxylic acid groups (broad SMARTS) is 1. The van der Waals surface area contributed by atoms with E-state index in [2.05, 4.69) is 15.2 Å². The highest BCUT2D eigenvalue weighted by Crippen LogP contribution is 2.43. The first-order chi connectivity index (χ1) is 12.2. The Morgan fingerprint density at radius 3 is 2.88 bits per heavy atom. The number of para-hydroxylation sites is 1. The average Bonchev–Trinajstić information content (AvgIpc) is 3.22. The number of H-pyrrole nitrogens is 1. The quantitative estimate of drug-likeness (QED) is 0.561. The molecular formula is C17H18N4O3S. The number of aliphatic carboxylic acids is 1. The van der Waals surface area contributed by atoms with Crippen LogP contribution in [0.2, 0.25) is 0 Å². The Morgan fingerprint density at radius 2 is 2.16 bits per heavy atom. The third-order valence-corrected chi connectivity index (χ3v) is 5.53. The molecule has 0 amide bonds. The van der Waals surface area contributed by atoms with Crippen LogP contribution in [-0.4, -0.2) is 47.8 Å². The van der Waals surface area contributed by atoms with Gasteiger partial charge in [0.05, 0.1) is 0 Å². The van der Waals surface area contributed by atoms with E-state index in [0.29, 0.717) is 11.2 Å². The molecule has 1 aliphatic rings. The van der Waals surface area contributed by atoms with Crippen molar-refractivity contribution in [3.63, 3.8) is 0 Å². The van der Waals surface area contributed by atoms with Crippen LogP contribution in [0.3, 0.4) is 0 Å². The molecule has 7 nitrogen and oxygen atoms in total. The van der Waals surface area contributed by atoms with Crippen molar-refractivity contribution in [2.24, 2.45) is 0 Å². The van der Waals surface area contributed by atoms with Crippen LogP contribution in [0.15, 0.2) is 35.6 Å². The molecule has 4 rings (SSSR count). The second kappa shape index (κ2) is 6.53. The zero-order chi connectivity index (χ0) is 17.4. The number of fused-ring (bicyclic) bond motifs is 1. The third kappa shape index (κ3) is 3.03. The number of thioether (sulfide) groups is 1. The van der Waals surface area contributed by atoms with Crippen LogP contribution in [-0.2, 0) is 4.79 Å². The number of carbonyl (C=O) groups is 1. The first-order valence-electron chi connectivity index (χ1n) is 8.20. The highest BCUT2D eigenvalue weighted by molar-refractivity contribution is 8.00. The van der Waals surface area contributed by atoms with Crippen molar-refractivity contribution in [1.82, 2.24) is 19.7 Å². The summed E-state index contributed by atoms with van der Waals surface area (Å²) in [6, 6.07) is 8.31. The number of aromatic amines is 1. The summed E-state index contributed by atoms with van der Waals surface area (Å²) < 4.78 is 2.05. The molecule has 1 aliphatic carbocycles. The topological polar surface area (TPSA) is 104 Å². The first kappa shape index (κ1) is 16.2. The van der Waals surface area contributed by atoms with Crippen LogP contribution in [0.5, 0.6) is 0 Å². The lowest BCUT2D eigenvalue weighted by molar-refractivity contribution is -0.136. The summed E-state index contributed by atoms with van der Waals surface area (Å²) in [5, 5.41) is 28.0. The molecule has 0 bridgehead atoms. The standard InChI is InChI=1S/C17H18N4O3S/c22-8-7-14(16(23)24)25-17-20-19-15(21(17)10-5-6-10)12-9-18-13-4-2-1-3-11(12)13/h1-4,9-10,14,18,22H,5-8H2,(H,23,24). The molecule has 1 fully saturated rings. The van der Waals surface area contributed by atoms with E-state index in [4.69, 9.17) is 5.11 Å². The van der Waals surface area contributed by atoms with Gasteiger partial charge in [-0.2, -0.15) is 0 Å². The third-order valence-electron chi connectivity index (χ3n) is 4.32. The molecule has 0 aliphatic heterocycles. The maximum atomic E-state index is 11.4. The minimum atomic E-state index is -0.946. The zero-order valence-electron chi connectivity index (χ0n) is 13.4. The number of hydrogen-bond donors (Lipinski definition) is 3. The van der Waals surface area contributed by atoms with Gasteiger partial charge in [-0.1, -0.05) is 30.0 Å². The van der Waals surface area contributed by atoms with Crippen molar-refractivity contribution in [2.75, 3.05) is 6.61 Å². The molecule has 130 valence electrons. The first-order valence-corrected chi connectivity index (χ1v) is 9.08. The molecule has 3 N–H and O–H groups in total. The number of hydrogen-bond acceptors (Lipinski definition) is 5. The van der Waals surface area contributed by atoms with Gasteiger partial charge in [0, 0.05) is 35.3 Å². The van der Waals surface area contributed by atoms with Gasteiger partial charge >= 0.3 is 5.97 Å². The SMILES string of the molecule is O=C(O)C(CCO)Sc1nnc(-c2c[nH]c3ccccc23)n1C1CC1. The number of benzene rings is 1. The lowest BCUT2D eigenvalue weighted by Gasteiger charge is -2.12. The molecule has 1 saturated carbocycles. The molecule has 1 atom stereocenters. The summed E-state index contributed by atoms with van der Waals surface area (Å²) in [5.74, 6) is -0.186. The van der Waals surface area contributed by atoms with Gasteiger partial charge in [0.15, 0.2) is 11.0 Å². The largest absolute Gasteiger partial charge is 0.480 e. The molecule has 2 aromatic heterocycles. The number of aromatic nitrogens is 4. The lowest BCUT2D eigenvalue weighted by Crippen LogP contribution is -2.18. The Labute approximate surface area is 148 Å². The Hall–Kier alpha value is -2.32. The van der Waals surface area contributed by atoms with Crippen LogP contribution in [0.25, 0.3) is 22.3 Å². The Balaban J connectivity index is 1.75. The minimum Gasteiger partial charge on any atom is -0.480 e. The summed E-state index contributed by atoms with van der Waals surface area (Å²) in [6.07, 6.45) is 4.18. The summed E-state index contributed by atoms with van der Waals surface area (Å²) in [6.45, 7) is -0.170. The molecule has 2 heterocycles. The number of carboxylic acids is 1. The van der Waals surface area contributed by atoms with E-state index in [0.717, 1.165) is 46.9 Å². The minimum absolute atomic E-state index is 0.170. The monoisotopic (exact) mass is 358 g/mol. The van der Waals surface area contributed by atoms with E-state index in [-0.39, 0.29) is 13.0 Å². The van der Waals surface area contributed by atoms with E-state index in [1.165, 1.54) is 0 Å². The van der Waals surface area contributed by atoms with Crippen molar-refractivity contribution < 1.29 is 15.0 Å². The summed E-state index contributed by atoms with van der Waals surface area (Å²) in [4.78, 5) is 14.7. The van der Waals surface area contributed by atoms with Gasteiger partial charge in [-0.15, -0.1) is 10.2 Å². The van der Waals surface area contributed by atoms with E-state index in [9.17, 15) is 9.90 Å². The molecule has 3 aromatic rings. The van der Waals surface area contributed by atoms with Gasteiger partial charge in [-0.05, 0) is 25.3 Å². The van der Waals surface area contributed by atoms with Crippen molar-refractivity contribution in [3.8, 4) is 11.4 Å². The van der Waals surface area contributed by atoms with E-state index >= 15 is 0 Å². The van der Waals surface area contributed by atoms with Crippen LogP contribution >= 0.6 is 11.8 Å². The number of aliphatic hydroxyl groups excluding tert-OH is 1. The van der Waals surface area contributed by atoms with Crippen LogP contribution in [0, 0.1) is 0 Å². The number of nitrogens with one attached hydrogen (secondary N) is 1. The summed E-state index contributed by atoms with van der Waals surface area (Å²) >= 11 is 1.16. The van der Waals surface area contributed by atoms with Crippen LogP contribution in [0.4, 0.5) is 0 Å². The highest BCUT2D eigenvalue weighted by atomic mass is 32.2. The summed E-state index contributed by atoms with van der Waals surface area (Å²) in [5.41, 5.74) is 2.00. The van der Waals surface area contributed by atoms with Gasteiger partial charge in [0.25, 0.3) is 0 Å². The normalized spacial score (nSPS) is 15.6. The van der Waals surface area contributed by atoms with E-state index in [1.807, 2.05) is 35.0 Å². The second-order valence-electron chi connectivity index (χ2n) is 6.11. The average molecular weight is 358 g/mol. The Bertz CT molecular complexity index is 916. The van der Waals surface area contributed by atoms with Gasteiger partial charge in [-0.25, -0.2) is 0 Å². The predicted molar refractivity (Wildman–Crippen MR) is 94.6 cm³/mol. The van der Waals surface area contributed by atoms with E-state index in [1.54, 1.807) is 0 Å². The van der Waals surface area contributed by atoms with Gasteiger partial charge in [0.1, 0.15) is 5.25 Å². The molecule has 0 saturated heterocycles. The molecular weight excluding hydrogens is 340 g/mol. The number of nitrogens with zero attached hydrogens (tertiary/aromatic N) is 3. The molecule has 8 heteroatoms. The fraction of sp³-hybridized carbons (Fsp3) is 0.353. The molecule has 0 spiro atoms. The number of rotatable bonds is 7. The molecule has 1 aromatic carbocycles. The second-order valence-corrected chi connectivity index (χ2v) is 7.28. The Kier molecular flexibility index (Phi) is 4.22. The fourth-order valence-corrected chi connectivity index (χ4v) is 3.95. The van der Waals surface area contributed by atoms with Crippen LogP contribution in [0.1, 0.15) is 25.3 Å². The van der Waals surface area contributed by atoms with Crippen molar-refractivity contribution in [3.05, 3.63) is 30.5 Å². The van der Waals surface area contributed by atoms with Crippen molar-refractivity contribution >= 4 is 28.6 Å². The smallest absolute Gasteiger partial charge is 0.317 e. The van der Waals surface area contributed by atoms with Crippen molar-refractivity contribution in [2.45, 2.75) is 35.7 Å². The maximum Gasteiger partial charge on any atom is 0.317 e. The van der Waals surface area contributed by atoms with Crippen molar-refractivity contribution in [1.29, 1.82) is 0 Å². The zero-order valence-corrected chi connectivity index (χ0v) is 14.2. The van der Waals surface area contributed by atoms with Gasteiger partial charge < -0.3 is 15.2 Å². The van der Waals surface area contributed by atoms with Crippen LogP contribution < -0.4 is 0 Å². The van der Waals surface area contributed by atoms with E-state index < -0.39 is 11.2 Å². The maximum absolute atomic E-state index is 11.4. The predicted octanol–water partition coefficient (Wildman–Crippen LogP) is 2.69. The molecule has 25 heavy (non-hydrogen) atoms. The summed E-state index contributed by atoms with van der Waals surface area (Å²) in [7, 11) is 0. The fourth-order valence-electron chi connectivity index (χ4n) is 2.94. The molecule has 1 unspecified atom stereocenters. The number of aliphatic hydroxyl groups is 1. The van der Waals surface area contributed by atoms with Gasteiger partial charge in [0.2, 0.25) is 0 Å². The van der Waals surface area contributed by atoms with Gasteiger partial charge in [-0.3, -0.25) is 9.36 Å². The molecule has 0 radical (unpaired) electrons.